The van der Waals surface area contributed by atoms with Crippen molar-refractivity contribution >= 4 is 43.6 Å². The van der Waals surface area contributed by atoms with Gasteiger partial charge in [-0.25, -0.2) is 9.97 Å². The number of aromatic nitrogens is 4. The topological polar surface area (TPSA) is 35.6 Å². The summed E-state index contributed by atoms with van der Waals surface area (Å²) in [5.41, 5.74) is 15.1. The summed E-state index contributed by atoms with van der Waals surface area (Å²) in [4.78, 5) is 10.0. The van der Waals surface area contributed by atoms with Crippen molar-refractivity contribution in [1.82, 2.24) is 19.1 Å². The zero-order chi connectivity index (χ0) is 33.8. The molecule has 7 aromatic carbocycles. The van der Waals surface area contributed by atoms with Gasteiger partial charge in [-0.3, -0.25) is 9.13 Å². The van der Waals surface area contributed by atoms with Crippen LogP contribution < -0.4 is 0 Å². The van der Waals surface area contributed by atoms with Crippen LogP contribution in [0.3, 0.4) is 0 Å². The smallest absolute Gasteiger partial charge is 0.111 e. The highest BCUT2D eigenvalue weighted by molar-refractivity contribution is 6.19. The fourth-order valence-electron chi connectivity index (χ4n) is 9.95. The van der Waals surface area contributed by atoms with Crippen molar-refractivity contribution in [2.24, 2.45) is 0 Å². The van der Waals surface area contributed by atoms with Crippen molar-refractivity contribution in [3.63, 3.8) is 0 Å². The van der Waals surface area contributed by atoms with Crippen molar-refractivity contribution in [2.75, 3.05) is 0 Å². The third kappa shape index (κ3) is 3.85. The zero-order valence-corrected chi connectivity index (χ0v) is 28.8. The average molecular weight is 657 g/mol. The maximum Gasteiger partial charge on any atom is 0.111 e. The second kappa shape index (κ2) is 10.5. The minimum Gasteiger partial charge on any atom is -0.296 e. The molecule has 0 N–H and O–H groups in total. The standard InChI is InChI=1S/C47H36N4/c1-29-48-39-20-5-7-22-43(39)50(29)41-24-12-15-31-35(41)28-36-32(16-13-25-42(36)51-30(2)49-40-21-6-8-23-44(40)51)45(31)34-17-11-19-38-46(34)33-14-3-4-18-37(33)47(38)26-9-10-27-47/h3-8,11-25,28H,9-10,26-27H2,1-2H3. The van der Waals surface area contributed by atoms with E-state index in [9.17, 15) is 0 Å². The van der Waals surface area contributed by atoms with E-state index in [1.807, 2.05) is 0 Å². The largest absolute Gasteiger partial charge is 0.296 e. The minimum absolute atomic E-state index is 0.0956. The Morgan fingerprint density at radius 3 is 1.61 bits per heavy atom. The van der Waals surface area contributed by atoms with Crippen molar-refractivity contribution in [3.8, 4) is 33.6 Å². The van der Waals surface area contributed by atoms with Crippen LogP contribution in [0, 0.1) is 13.8 Å². The number of imidazole rings is 2. The molecule has 0 saturated heterocycles. The van der Waals surface area contributed by atoms with Crippen molar-refractivity contribution in [3.05, 3.63) is 156 Å². The van der Waals surface area contributed by atoms with E-state index in [-0.39, 0.29) is 5.41 Å². The number of hydrogen-bond acceptors (Lipinski definition) is 2. The highest BCUT2D eigenvalue weighted by Crippen LogP contribution is 2.59. The first-order chi connectivity index (χ1) is 25.1. The van der Waals surface area contributed by atoms with Crippen LogP contribution in [-0.4, -0.2) is 19.1 Å². The summed E-state index contributed by atoms with van der Waals surface area (Å²) in [7, 11) is 0. The van der Waals surface area contributed by atoms with Gasteiger partial charge in [-0.1, -0.05) is 104 Å². The summed E-state index contributed by atoms with van der Waals surface area (Å²) in [6.45, 7) is 4.24. The van der Waals surface area contributed by atoms with Gasteiger partial charge in [0.15, 0.2) is 0 Å². The normalized spacial score (nSPS) is 14.7. The van der Waals surface area contributed by atoms with Gasteiger partial charge >= 0.3 is 0 Å². The van der Waals surface area contributed by atoms with Gasteiger partial charge in [0.05, 0.1) is 33.4 Å². The summed E-state index contributed by atoms with van der Waals surface area (Å²) in [6.07, 6.45) is 4.98. The molecule has 9 aromatic rings. The highest BCUT2D eigenvalue weighted by atomic mass is 15.1. The Hall–Kier alpha value is -6.00. The molecule has 51 heavy (non-hydrogen) atoms. The van der Waals surface area contributed by atoms with E-state index >= 15 is 0 Å². The Morgan fingerprint density at radius 1 is 0.471 bits per heavy atom. The molecular weight excluding hydrogens is 621 g/mol. The van der Waals surface area contributed by atoms with Crippen molar-refractivity contribution in [1.29, 1.82) is 0 Å². The average Bonchev–Trinajstić information content (AvgIpc) is 3.93. The lowest BCUT2D eigenvalue weighted by atomic mass is 9.76. The van der Waals surface area contributed by atoms with Gasteiger partial charge < -0.3 is 0 Å². The minimum atomic E-state index is 0.0956. The molecule has 11 rings (SSSR count). The van der Waals surface area contributed by atoms with Crippen LogP contribution in [0.5, 0.6) is 0 Å². The van der Waals surface area contributed by atoms with Gasteiger partial charge in [-0.05, 0) is 113 Å². The Bertz CT molecular complexity index is 2760. The number of fused-ring (bicyclic) bond motifs is 9. The first kappa shape index (κ1) is 28.8. The molecule has 2 aromatic heterocycles. The Balaban J connectivity index is 1.31. The van der Waals surface area contributed by atoms with Gasteiger partial charge in [0, 0.05) is 16.2 Å². The molecule has 0 atom stereocenters. The van der Waals surface area contributed by atoms with Crippen LogP contribution in [0.25, 0.3) is 77.2 Å². The fourth-order valence-corrected chi connectivity index (χ4v) is 9.95. The van der Waals surface area contributed by atoms with E-state index in [0.717, 1.165) is 45.1 Å². The first-order valence-electron chi connectivity index (χ1n) is 18.2. The second-order valence-corrected chi connectivity index (χ2v) is 14.5. The zero-order valence-electron chi connectivity index (χ0n) is 28.8. The Morgan fingerprint density at radius 2 is 0.980 bits per heavy atom. The quantitative estimate of drug-likeness (QED) is 0.177. The molecule has 4 nitrogen and oxygen atoms in total. The van der Waals surface area contributed by atoms with Crippen LogP contribution in [0.4, 0.5) is 0 Å². The lowest BCUT2D eigenvalue weighted by Gasteiger charge is -2.27. The van der Waals surface area contributed by atoms with Crippen molar-refractivity contribution < 1.29 is 0 Å². The number of aryl methyl sites for hydroxylation is 2. The number of nitrogens with zero attached hydrogens (tertiary/aromatic N) is 4. The number of hydrogen-bond donors (Lipinski definition) is 0. The van der Waals surface area contributed by atoms with Gasteiger partial charge in [0.1, 0.15) is 11.6 Å². The second-order valence-electron chi connectivity index (χ2n) is 14.5. The maximum absolute atomic E-state index is 5.01. The van der Waals surface area contributed by atoms with Gasteiger partial charge in [0.25, 0.3) is 0 Å². The lowest BCUT2D eigenvalue weighted by Crippen LogP contribution is -2.20. The summed E-state index contributed by atoms with van der Waals surface area (Å²) < 4.78 is 4.68. The highest BCUT2D eigenvalue weighted by Gasteiger charge is 2.45. The summed E-state index contributed by atoms with van der Waals surface area (Å²) in [6, 6.07) is 49.4. The monoisotopic (exact) mass is 656 g/mol. The third-order valence-electron chi connectivity index (χ3n) is 12.0. The maximum atomic E-state index is 5.01. The van der Waals surface area contributed by atoms with E-state index < -0.39 is 0 Å². The molecule has 2 heterocycles. The molecule has 4 heteroatoms. The molecule has 0 unspecified atom stereocenters. The molecule has 0 bridgehead atoms. The van der Waals surface area contributed by atoms with E-state index in [0.29, 0.717) is 0 Å². The lowest BCUT2D eigenvalue weighted by molar-refractivity contribution is 0.550. The molecule has 2 aliphatic rings. The molecule has 0 radical (unpaired) electrons. The SMILES string of the molecule is Cc1nc2ccccc2n1-c1cccc2c(-c3cccc4c3-c3ccccc3C43CCCC3)c3cccc(-n4c(C)nc5ccccc54)c3cc12. The first-order valence-corrected chi connectivity index (χ1v) is 18.2. The Kier molecular flexibility index (Phi) is 5.93. The predicted octanol–water partition coefficient (Wildman–Crippen LogP) is 11.8. The number of benzene rings is 7. The molecule has 2 aliphatic carbocycles. The summed E-state index contributed by atoms with van der Waals surface area (Å²) in [5, 5.41) is 4.92. The molecule has 244 valence electrons. The molecule has 0 amide bonds. The van der Waals surface area contributed by atoms with Crippen LogP contribution in [0.15, 0.2) is 133 Å². The fraction of sp³-hybridized carbons (Fsp3) is 0.149. The molecule has 0 aliphatic heterocycles. The molecular formula is C47H36N4. The van der Waals surface area contributed by atoms with E-state index in [1.165, 1.54) is 80.6 Å². The molecule has 1 spiro atoms. The van der Waals surface area contributed by atoms with E-state index in [2.05, 4.69) is 156 Å². The van der Waals surface area contributed by atoms with Gasteiger partial charge in [0.2, 0.25) is 0 Å². The predicted molar refractivity (Wildman–Crippen MR) is 210 cm³/mol. The van der Waals surface area contributed by atoms with Crippen LogP contribution in [0.2, 0.25) is 0 Å². The summed E-state index contributed by atoms with van der Waals surface area (Å²) in [5.74, 6) is 1.96. The van der Waals surface area contributed by atoms with Crippen LogP contribution >= 0.6 is 0 Å². The summed E-state index contributed by atoms with van der Waals surface area (Å²) >= 11 is 0. The number of rotatable bonds is 3. The number of para-hydroxylation sites is 4. The van der Waals surface area contributed by atoms with Gasteiger partial charge in [-0.2, -0.15) is 0 Å². The van der Waals surface area contributed by atoms with Crippen molar-refractivity contribution in [2.45, 2.75) is 44.9 Å². The van der Waals surface area contributed by atoms with E-state index in [4.69, 9.17) is 9.97 Å². The van der Waals surface area contributed by atoms with Crippen LogP contribution in [-0.2, 0) is 5.41 Å². The van der Waals surface area contributed by atoms with Gasteiger partial charge in [-0.15, -0.1) is 0 Å². The van der Waals surface area contributed by atoms with Crippen LogP contribution in [0.1, 0.15) is 48.5 Å². The van der Waals surface area contributed by atoms with E-state index in [1.54, 1.807) is 0 Å². The molecule has 1 saturated carbocycles. The third-order valence-corrected chi connectivity index (χ3v) is 12.0. The Labute approximate surface area is 296 Å². The molecule has 1 fully saturated rings.